The van der Waals surface area contributed by atoms with Gasteiger partial charge in [-0.3, -0.25) is 14.8 Å². The van der Waals surface area contributed by atoms with Crippen LogP contribution in [0.3, 0.4) is 0 Å². The number of nitrogens with one attached hydrogen (secondary N) is 2. The number of hydrogen-bond donors (Lipinski definition) is 2. The van der Waals surface area contributed by atoms with Gasteiger partial charge in [-0.05, 0) is 30.3 Å². The van der Waals surface area contributed by atoms with E-state index in [1.807, 2.05) is 0 Å². The number of nitrogens with zero attached hydrogens (tertiary/aromatic N) is 3. The number of benzene rings is 3. The molecule has 1 aromatic heterocycles. The first-order valence-electron chi connectivity index (χ1n) is 9.52. The second kappa shape index (κ2) is 8.86. The van der Waals surface area contributed by atoms with Gasteiger partial charge in [0, 0.05) is 12.1 Å². The molecule has 0 aliphatic rings. The standard InChI is InChI=1S/C21H15F2N5O5S/c1-33-17-10-9-14(22)19(18(17)23)26-20-21(25-16-8-3-2-7-15(16)24-20)27-34(31,32)13-6-4-5-12(11-13)28(29)30/h2-11H,1H3,(H,24,26)(H,25,27). The van der Waals surface area contributed by atoms with E-state index in [0.29, 0.717) is 5.52 Å². The molecule has 0 amide bonds. The zero-order valence-corrected chi connectivity index (χ0v) is 18.1. The van der Waals surface area contributed by atoms with E-state index in [9.17, 15) is 27.3 Å². The van der Waals surface area contributed by atoms with Crippen LogP contribution in [0.5, 0.6) is 5.75 Å². The molecule has 174 valence electrons. The van der Waals surface area contributed by atoms with E-state index >= 15 is 0 Å². The lowest BCUT2D eigenvalue weighted by molar-refractivity contribution is -0.385. The summed E-state index contributed by atoms with van der Waals surface area (Å²) >= 11 is 0. The van der Waals surface area contributed by atoms with Gasteiger partial charge in [0.2, 0.25) is 0 Å². The summed E-state index contributed by atoms with van der Waals surface area (Å²) in [5.41, 5.74) is -0.477. The summed E-state index contributed by atoms with van der Waals surface area (Å²) in [5.74, 6) is -2.99. The molecule has 0 radical (unpaired) electrons. The molecule has 0 atom stereocenters. The van der Waals surface area contributed by atoms with Crippen molar-refractivity contribution in [3.05, 3.63) is 82.4 Å². The van der Waals surface area contributed by atoms with Crippen molar-refractivity contribution >= 4 is 44.1 Å². The third-order valence-electron chi connectivity index (χ3n) is 4.66. The highest BCUT2D eigenvalue weighted by Gasteiger charge is 2.23. The molecule has 4 rings (SSSR count). The Hall–Kier alpha value is -4.39. The fourth-order valence-electron chi connectivity index (χ4n) is 3.03. The Morgan fingerprint density at radius 3 is 2.29 bits per heavy atom. The smallest absolute Gasteiger partial charge is 0.270 e. The van der Waals surface area contributed by atoms with Crippen LogP contribution in [0.25, 0.3) is 11.0 Å². The van der Waals surface area contributed by atoms with Crippen molar-refractivity contribution in [2.24, 2.45) is 0 Å². The van der Waals surface area contributed by atoms with Crippen LogP contribution in [0.4, 0.5) is 31.8 Å². The van der Waals surface area contributed by atoms with E-state index in [2.05, 4.69) is 20.0 Å². The zero-order valence-electron chi connectivity index (χ0n) is 17.3. The predicted molar refractivity (Wildman–Crippen MR) is 120 cm³/mol. The van der Waals surface area contributed by atoms with Crippen LogP contribution < -0.4 is 14.8 Å². The highest BCUT2D eigenvalue weighted by molar-refractivity contribution is 7.92. The third kappa shape index (κ3) is 4.41. The molecule has 4 aromatic rings. The van der Waals surface area contributed by atoms with Gasteiger partial charge in [0.05, 0.1) is 28.0 Å². The summed E-state index contributed by atoms with van der Waals surface area (Å²) in [5, 5.41) is 13.5. The minimum Gasteiger partial charge on any atom is -0.494 e. The van der Waals surface area contributed by atoms with E-state index in [1.165, 1.54) is 13.2 Å². The molecular formula is C21H15F2N5O5S. The van der Waals surface area contributed by atoms with Crippen molar-refractivity contribution in [2.75, 3.05) is 17.1 Å². The lowest BCUT2D eigenvalue weighted by Crippen LogP contribution is -2.16. The number of hydrogen-bond acceptors (Lipinski definition) is 8. The second-order valence-electron chi connectivity index (χ2n) is 6.83. The zero-order chi connectivity index (χ0) is 24.5. The van der Waals surface area contributed by atoms with Crippen LogP contribution >= 0.6 is 0 Å². The first-order chi connectivity index (χ1) is 16.2. The monoisotopic (exact) mass is 487 g/mol. The molecule has 10 nitrogen and oxygen atoms in total. The molecule has 34 heavy (non-hydrogen) atoms. The first kappa shape index (κ1) is 22.8. The van der Waals surface area contributed by atoms with Crippen LogP contribution in [-0.4, -0.2) is 30.4 Å². The van der Waals surface area contributed by atoms with Gasteiger partial charge >= 0.3 is 0 Å². The van der Waals surface area contributed by atoms with Gasteiger partial charge in [-0.2, -0.15) is 0 Å². The van der Waals surface area contributed by atoms with E-state index in [1.54, 1.807) is 24.3 Å². The summed E-state index contributed by atoms with van der Waals surface area (Å²) < 4.78 is 62.1. The van der Waals surface area contributed by atoms with Crippen LogP contribution in [0.1, 0.15) is 0 Å². The van der Waals surface area contributed by atoms with E-state index < -0.39 is 42.9 Å². The van der Waals surface area contributed by atoms with E-state index in [0.717, 1.165) is 30.3 Å². The molecule has 0 spiro atoms. The van der Waals surface area contributed by atoms with E-state index in [-0.39, 0.29) is 22.9 Å². The maximum Gasteiger partial charge on any atom is 0.270 e. The Labute approximate surface area is 191 Å². The molecule has 2 N–H and O–H groups in total. The molecule has 0 unspecified atom stereocenters. The van der Waals surface area contributed by atoms with Gasteiger partial charge in [0.25, 0.3) is 15.7 Å². The number of fused-ring (bicyclic) bond motifs is 1. The molecule has 0 aliphatic carbocycles. The van der Waals surface area contributed by atoms with Gasteiger partial charge in [-0.25, -0.2) is 27.2 Å². The number of para-hydroxylation sites is 2. The number of rotatable bonds is 7. The topological polar surface area (TPSA) is 136 Å². The number of anilines is 3. The number of ether oxygens (including phenoxy) is 1. The molecule has 0 saturated heterocycles. The van der Waals surface area contributed by atoms with Crippen molar-refractivity contribution in [1.82, 2.24) is 9.97 Å². The SMILES string of the molecule is COc1ccc(F)c(Nc2nc3ccccc3nc2NS(=O)(=O)c2cccc([N+](=O)[O-])c2)c1F. The number of methoxy groups -OCH3 is 1. The predicted octanol–water partition coefficient (Wildman–Crippen LogP) is 4.37. The molecule has 0 bridgehead atoms. The van der Waals surface area contributed by atoms with E-state index in [4.69, 9.17) is 4.74 Å². The number of non-ortho nitro benzene ring substituents is 1. The highest BCUT2D eigenvalue weighted by atomic mass is 32.2. The Balaban J connectivity index is 1.82. The van der Waals surface area contributed by atoms with Gasteiger partial charge in [0.1, 0.15) is 11.5 Å². The van der Waals surface area contributed by atoms with Crippen molar-refractivity contribution in [3.63, 3.8) is 0 Å². The Bertz CT molecular complexity index is 1530. The molecule has 1 heterocycles. The lowest BCUT2D eigenvalue weighted by atomic mass is 10.2. The number of sulfonamides is 1. The maximum absolute atomic E-state index is 14.7. The highest BCUT2D eigenvalue weighted by Crippen LogP contribution is 2.33. The summed E-state index contributed by atoms with van der Waals surface area (Å²) in [4.78, 5) is 18.3. The van der Waals surface area contributed by atoms with Gasteiger partial charge in [-0.1, -0.05) is 18.2 Å². The quantitative estimate of drug-likeness (QED) is 0.290. The lowest BCUT2D eigenvalue weighted by Gasteiger charge is -2.15. The van der Waals surface area contributed by atoms with Crippen molar-refractivity contribution in [1.29, 1.82) is 0 Å². The summed E-state index contributed by atoms with van der Waals surface area (Å²) in [6, 6.07) is 12.8. The van der Waals surface area contributed by atoms with Crippen LogP contribution in [0.15, 0.2) is 65.6 Å². The number of halogens is 2. The van der Waals surface area contributed by atoms with Crippen molar-refractivity contribution < 1.29 is 26.9 Å². The maximum atomic E-state index is 14.7. The third-order valence-corrected chi connectivity index (χ3v) is 6.00. The minimum absolute atomic E-state index is 0.253. The summed E-state index contributed by atoms with van der Waals surface area (Å²) in [6.07, 6.45) is 0. The van der Waals surface area contributed by atoms with Crippen LogP contribution in [0, 0.1) is 21.7 Å². The molecular weight excluding hydrogens is 472 g/mol. The normalized spacial score (nSPS) is 11.3. The minimum atomic E-state index is -4.39. The number of nitro groups is 1. The second-order valence-corrected chi connectivity index (χ2v) is 8.52. The fraction of sp³-hybridized carbons (Fsp3) is 0.0476. The average Bonchev–Trinajstić information content (AvgIpc) is 2.82. The summed E-state index contributed by atoms with van der Waals surface area (Å²) in [7, 11) is -3.19. The fourth-order valence-corrected chi connectivity index (χ4v) is 4.08. The van der Waals surface area contributed by atoms with Crippen LogP contribution in [-0.2, 0) is 10.0 Å². The molecule has 3 aromatic carbocycles. The van der Waals surface area contributed by atoms with Crippen molar-refractivity contribution in [3.8, 4) is 5.75 Å². The van der Waals surface area contributed by atoms with Crippen molar-refractivity contribution in [2.45, 2.75) is 4.90 Å². The van der Waals surface area contributed by atoms with Crippen LogP contribution in [0.2, 0.25) is 0 Å². The average molecular weight is 487 g/mol. The Kier molecular flexibility index (Phi) is 5.94. The largest absolute Gasteiger partial charge is 0.494 e. The van der Waals surface area contributed by atoms with Gasteiger partial charge in [0.15, 0.2) is 23.2 Å². The van der Waals surface area contributed by atoms with Gasteiger partial charge in [-0.15, -0.1) is 0 Å². The molecule has 0 aliphatic heterocycles. The molecule has 13 heteroatoms. The summed E-state index contributed by atoms with van der Waals surface area (Å²) in [6.45, 7) is 0. The number of nitro benzene ring substituents is 1. The molecule has 0 saturated carbocycles. The number of aromatic nitrogens is 2. The van der Waals surface area contributed by atoms with Gasteiger partial charge < -0.3 is 10.1 Å². The molecule has 0 fully saturated rings. The Morgan fingerprint density at radius 1 is 0.971 bits per heavy atom. The Morgan fingerprint density at radius 2 is 1.65 bits per heavy atom. The first-order valence-corrected chi connectivity index (χ1v) is 11.0.